The third-order valence-corrected chi connectivity index (χ3v) is 10.9. The molecule has 1 spiro atoms. The molecule has 0 unspecified atom stereocenters. The van der Waals surface area contributed by atoms with Crippen molar-refractivity contribution in [3.8, 4) is 0 Å². The van der Waals surface area contributed by atoms with Crippen molar-refractivity contribution in [2.24, 2.45) is 5.92 Å². The predicted molar refractivity (Wildman–Crippen MR) is 84.4 cm³/mol. The maximum absolute atomic E-state index is 12.9. The summed E-state index contributed by atoms with van der Waals surface area (Å²) in [6.45, 7) is 11.0. The highest BCUT2D eigenvalue weighted by molar-refractivity contribution is 7.99. The maximum Gasteiger partial charge on any atom is 0.250 e. The van der Waals surface area contributed by atoms with Gasteiger partial charge in [-0.3, -0.25) is 4.79 Å². The van der Waals surface area contributed by atoms with E-state index in [0.717, 1.165) is 17.9 Å². The van der Waals surface area contributed by atoms with Crippen molar-refractivity contribution in [2.45, 2.75) is 57.0 Å². The minimum atomic E-state index is -1.96. The Kier molecular flexibility index (Phi) is 3.20. The van der Waals surface area contributed by atoms with E-state index in [-0.39, 0.29) is 16.9 Å². The van der Waals surface area contributed by atoms with Crippen LogP contribution in [0.4, 0.5) is 0 Å². The zero-order valence-electron chi connectivity index (χ0n) is 13.0. The zero-order valence-corrected chi connectivity index (χ0v) is 14.8. The molecular formula is C15H24O3SSi. The van der Waals surface area contributed by atoms with E-state index >= 15 is 0 Å². The van der Waals surface area contributed by atoms with E-state index in [1.807, 2.05) is 17.8 Å². The van der Waals surface area contributed by atoms with Gasteiger partial charge in [-0.2, -0.15) is 11.8 Å². The number of ketones is 1. The Morgan fingerprint density at radius 3 is 2.80 bits per heavy atom. The summed E-state index contributed by atoms with van der Waals surface area (Å²) >= 11 is 1.84. The van der Waals surface area contributed by atoms with Crippen LogP contribution in [0.15, 0.2) is 11.8 Å². The van der Waals surface area contributed by atoms with Gasteiger partial charge in [0, 0.05) is 11.7 Å². The lowest BCUT2D eigenvalue weighted by molar-refractivity contribution is -0.141. The lowest BCUT2D eigenvalue weighted by Crippen LogP contribution is -2.50. The average Bonchev–Trinajstić information content (AvgIpc) is 2.78. The molecule has 0 N–H and O–H groups in total. The number of Topliss-reactive ketones (excluding diaryl/α,β-unsaturated/α-hetero) is 1. The van der Waals surface area contributed by atoms with Gasteiger partial charge < -0.3 is 9.16 Å². The van der Waals surface area contributed by atoms with Gasteiger partial charge in [0.2, 0.25) is 5.78 Å². The van der Waals surface area contributed by atoms with E-state index < -0.39 is 13.9 Å². The minimum absolute atomic E-state index is 0.0818. The number of rotatable bonds is 2. The molecule has 0 aromatic rings. The second kappa shape index (κ2) is 4.37. The van der Waals surface area contributed by atoms with E-state index in [4.69, 9.17) is 9.16 Å². The molecule has 3 nitrogen and oxygen atoms in total. The first-order valence-electron chi connectivity index (χ1n) is 7.37. The summed E-state index contributed by atoms with van der Waals surface area (Å²) in [7, 11) is -1.96. The van der Waals surface area contributed by atoms with E-state index in [9.17, 15) is 4.79 Å². The van der Waals surface area contributed by atoms with Gasteiger partial charge in [0.25, 0.3) is 8.32 Å². The smallest absolute Gasteiger partial charge is 0.250 e. The van der Waals surface area contributed by atoms with Crippen molar-refractivity contribution in [2.75, 3.05) is 11.5 Å². The number of hydrogen-bond donors (Lipinski definition) is 0. The molecule has 0 aliphatic carbocycles. The maximum atomic E-state index is 12.9. The molecular weight excluding hydrogens is 288 g/mol. The minimum Gasteiger partial charge on any atom is -0.541 e. The van der Waals surface area contributed by atoms with Crippen LogP contribution in [0.1, 0.15) is 27.2 Å². The number of fused-ring (bicyclic) bond motifs is 1. The highest BCUT2D eigenvalue weighted by Gasteiger charge is 2.60. The van der Waals surface area contributed by atoms with Crippen molar-refractivity contribution in [1.29, 1.82) is 0 Å². The van der Waals surface area contributed by atoms with Gasteiger partial charge >= 0.3 is 0 Å². The van der Waals surface area contributed by atoms with Crippen LogP contribution in [-0.4, -0.2) is 37.3 Å². The Morgan fingerprint density at radius 2 is 2.15 bits per heavy atom. The molecule has 0 aromatic carbocycles. The third-order valence-electron chi connectivity index (χ3n) is 5.29. The lowest BCUT2D eigenvalue weighted by atomic mass is 9.87. The van der Waals surface area contributed by atoms with Crippen LogP contribution in [0.2, 0.25) is 18.1 Å². The van der Waals surface area contributed by atoms with Crippen LogP contribution in [0.5, 0.6) is 0 Å². The standard InChI is InChI=1S/C15H24O3SSi/c1-14(2,3)20(4,5)18-12-7-11-6-10-8-19-9-15(10,17-11)13(12)16/h7,10-11H,6,8-9H2,1-5H3/t10-,11-,15+/m0/s1. The first-order chi connectivity index (χ1) is 9.16. The van der Waals surface area contributed by atoms with Crippen LogP contribution in [0.3, 0.4) is 0 Å². The molecule has 0 aromatic heterocycles. The van der Waals surface area contributed by atoms with Crippen molar-refractivity contribution >= 4 is 25.9 Å². The molecule has 2 saturated heterocycles. The molecule has 3 rings (SSSR count). The zero-order chi connectivity index (χ0) is 14.8. The fraction of sp³-hybridized carbons (Fsp3) is 0.800. The molecule has 2 bridgehead atoms. The summed E-state index contributed by atoms with van der Waals surface area (Å²) in [4.78, 5) is 12.9. The topological polar surface area (TPSA) is 35.5 Å². The van der Waals surface area contributed by atoms with Gasteiger partial charge in [0.05, 0.1) is 6.10 Å². The van der Waals surface area contributed by atoms with Crippen LogP contribution in [0.25, 0.3) is 0 Å². The average molecular weight is 313 g/mol. The molecule has 5 heteroatoms. The summed E-state index contributed by atoms with van der Waals surface area (Å²) < 4.78 is 12.3. The van der Waals surface area contributed by atoms with Crippen LogP contribution in [0, 0.1) is 5.92 Å². The molecule has 112 valence electrons. The Labute approximate surface area is 126 Å². The molecule has 20 heavy (non-hydrogen) atoms. The van der Waals surface area contributed by atoms with E-state index in [0.29, 0.717) is 11.7 Å². The van der Waals surface area contributed by atoms with Crippen molar-refractivity contribution < 1.29 is 14.0 Å². The first-order valence-corrected chi connectivity index (χ1v) is 11.4. The molecule has 0 amide bonds. The summed E-state index contributed by atoms with van der Waals surface area (Å²) in [6.07, 6.45) is 3.00. The van der Waals surface area contributed by atoms with E-state index in [1.54, 1.807) is 0 Å². The monoisotopic (exact) mass is 312 g/mol. The fourth-order valence-electron chi connectivity index (χ4n) is 2.96. The van der Waals surface area contributed by atoms with Crippen molar-refractivity contribution in [1.82, 2.24) is 0 Å². The summed E-state index contributed by atoms with van der Waals surface area (Å²) in [5.41, 5.74) is -0.568. The first kappa shape index (κ1) is 14.7. The summed E-state index contributed by atoms with van der Waals surface area (Å²) in [5.74, 6) is 2.92. The SMILES string of the molecule is CC(C)(C)[Si](C)(C)OC1=C[C@@H]2C[C@H]3CSC[C@]3(O2)C1=O. The van der Waals surface area contributed by atoms with Gasteiger partial charge in [-0.05, 0) is 36.4 Å². The third kappa shape index (κ3) is 2.01. The highest BCUT2D eigenvalue weighted by Crippen LogP contribution is 2.51. The molecule has 0 radical (unpaired) electrons. The lowest BCUT2D eigenvalue weighted by Gasteiger charge is -2.39. The Hall–Kier alpha value is -0.263. The van der Waals surface area contributed by atoms with E-state index in [2.05, 4.69) is 33.9 Å². The van der Waals surface area contributed by atoms with Crippen molar-refractivity contribution in [3.63, 3.8) is 0 Å². The van der Waals surface area contributed by atoms with Gasteiger partial charge in [0.15, 0.2) is 0 Å². The molecule has 3 aliphatic rings. The molecule has 3 aliphatic heterocycles. The van der Waals surface area contributed by atoms with Gasteiger partial charge in [-0.15, -0.1) is 0 Å². The quantitative estimate of drug-likeness (QED) is 0.732. The Bertz CT molecular complexity index is 480. The second-order valence-electron chi connectivity index (χ2n) is 7.72. The predicted octanol–water partition coefficient (Wildman–Crippen LogP) is 3.37. The number of carbonyl (C=O) groups excluding carboxylic acids is 1. The van der Waals surface area contributed by atoms with Crippen molar-refractivity contribution in [3.05, 3.63) is 11.8 Å². The van der Waals surface area contributed by atoms with Gasteiger partial charge in [-0.25, -0.2) is 0 Å². The Balaban J connectivity index is 1.88. The Morgan fingerprint density at radius 1 is 1.45 bits per heavy atom. The molecule has 3 atom stereocenters. The van der Waals surface area contributed by atoms with Crippen LogP contribution in [-0.2, 0) is 14.0 Å². The summed E-state index contributed by atoms with van der Waals surface area (Å²) in [5, 5.41) is 0.104. The molecule has 0 saturated carbocycles. The largest absolute Gasteiger partial charge is 0.541 e. The summed E-state index contributed by atoms with van der Waals surface area (Å²) in [6, 6.07) is 0. The molecule has 3 heterocycles. The molecule has 2 fully saturated rings. The normalized spacial score (nSPS) is 36.9. The number of hydrogen-bond acceptors (Lipinski definition) is 4. The number of carbonyl (C=O) groups is 1. The fourth-order valence-corrected chi connectivity index (χ4v) is 5.52. The van der Waals surface area contributed by atoms with Crippen LogP contribution < -0.4 is 0 Å². The van der Waals surface area contributed by atoms with Gasteiger partial charge in [-0.1, -0.05) is 20.8 Å². The number of thioether (sulfide) groups is 1. The van der Waals surface area contributed by atoms with E-state index in [1.165, 1.54) is 0 Å². The van der Waals surface area contributed by atoms with Crippen LogP contribution >= 0.6 is 11.8 Å². The second-order valence-corrected chi connectivity index (χ2v) is 13.5. The number of ether oxygens (including phenoxy) is 1. The highest BCUT2D eigenvalue weighted by atomic mass is 32.2. The van der Waals surface area contributed by atoms with Gasteiger partial charge in [0.1, 0.15) is 11.4 Å².